The van der Waals surface area contributed by atoms with Crippen molar-refractivity contribution in [3.63, 3.8) is 0 Å². The van der Waals surface area contributed by atoms with E-state index in [1.165, 1.54) is 0 Å². The van der Waals surface area contributed by atoms with Crippen LogP contribution in [0.4, 0.5) is 0 Å². The molecular formula is C19H28N6O. The molecule has 2 aliphatic rings. The molecule has 2 aromatic rings. The summed E-state index contributed by atoms with van der Waals surface area (Å²) in [6.07, 6.45) is 5.87. The van der Waals surface area contributed by atoms with Gasteiger partial charge < -0.3 is 14.4 Å². The minimum atomic E-state index is 0.204. The zero-order valence-electron chi connectivity index (χ0n) is 15.8. The predicted molar refractivity (Wildman–Crippen MR) is 101 cm³/mol. The molecule has 4 rings (SSSR count). The molecule has 0 unspecified atom stereocenters. The number of piperazine rings is 1. The maximum atomic E-state index is 12.8. The summed E-state index contributed by atoms with van der Waals surface area (Å²) in [7, 11) is 2.19. The minimum Gasteiger partial charge on any atom is -0.341 e. The van der Waals surface area contributed by atoms with Gasteiger partial charge in [0.05, 0.1) is 11.7 Å². The van der Waals surface area contributed by atoms with Gasteiger partial charge in [0.2, 0.25) is 5.91 Å². The summed E-state index contributed by atoms with van der Waals surface area (Å²) in [5, 5.41) is 8.13. The van der Waals surface area contributed by atoms with Crippen LogP contribution in [0.3, 0.4) is 0 Å². The number of amides is 1. The first-order chi connectivity index (χ1) is 12.6. The van der Waals surface area contributed by atoms with E-state index >= 15 is 0 Å². The molecule has 140 valence electrons. The van der Waals surface area contributed by atoms with E-state index in [2.05, 4.69) is 27.0 Å². The number of aromatic nitrogens is 3. The first-order valence-electron chi connectivity index (χ1n) is 9.59. The number of likely N-dealkylation sites (N-methyl/N-ethyl adjacent to an activating group) is 1. The first-order valence-corrected chi connectivity index (χ1v) is 9.59. The lowest BCUT2D eigenvalue weighted by molar-refractivity contribution is -0.133. The summed E-state index contributed by atoms with van der Waals surface area (Å²) in [4.78, 5) is 19.8. The van der Waals surface area contributed by atoms with Gasteiger partial charge in [-0.2, -0.15) is 5.10 Å². The molecule has 26 heavy (non-hydrogen) atoms. The van der Waals surface area contributed by atoms with Crippen LogP contribution in [-0.4, -0.2) is 87.7 Å². The highest BCUT2D eigenvalue weighted by molar-refractivity contribution is 5.82. The summed E-state index contributed by atoms with van der Waals surface area (Å²) >= 11 is 0. The molecule has 2 fully saturated rings. The molecule has 0 aromatic carbocycles. The number of rotatable bonds is 3. The highest BCUT2D eigenvalue weighted by atomic mass is 16.2. The summed E-state index contributed by atoms with van der Waals surface area (Å²) < 4.78 is 2.01. The van der Waals surface area contributed by atoms with Gasteiger partial charge in [0.25, 0.3) is 0 Å². The van der Waals surface area contributed by atoms with Crippen molar-refractivity contribution in [2.75, 3.05) is 46.3 Å². The van der Waals surface area contributed by atoms with E-state index in [9.17, 15) is 4.79 Å². The van der Waals surface area contributed by atoms with Crippen molar-refractivity contribution in [1.29, 1.82) is 0 Å². The van der Waals surface area contributed by atoms with Crippen LogP contribution >= 0.6 is 0 Å². The van der Waals surface area contributed by atoms with Crippen LogP contribution in [0.2, 0.25) is 0 Å². The number of fused-ring (bicyclic) bond motifs is 1. The Morgan fingerprint density at radius 2 is 1.88 bits per heavy atom. The highest BCUT2D eigenvalue weighted by Crippen LogP contribution is 2.20. The third-order valence-electron chi connectivity index (χ3n) is 5.91. The standard InChI is InChI=1S/C19H28N6O/c1-15-13-25(17-3-6-20-21-19(15)17)14-18(26)24-7-4-16(5-8-24)23-11-9-22(2)10-12-23/h3,6,13,16H,4-5,7-12,14H2,1-2H3. The van der Waals surface area contributed by atoms with Crippen LogP contribution in [0.1, 0.15) is 18.4 Å². The Balaban J connectivity index is 1.35. The molecule has 7 heteroatoms. The molecule has 2 aliphatic heterocycles. The van der Waals surface area contributed by atoms with Crippen LogP contribution in [0.5, 0.6) is 0 Å². The second kappa shape index (κ2) is 7.32. The van der Waals surface area contributed by atoms with Crippen molar-refractivity contribution < 1.29 is 4.79 Å². The molecule has 0 bridgehead atoms. The summed E-state index contributed by atoms with van der Waals surface area (Å²) in [6, 6.07) is 2.57. The normalized spacial score (nSPS) is 20.8. The van der Waals surface area contributed by atoms with Crippen molar-refractivity contribution >= 4 is 16.9 Å². The summed E-state index contributed by atoms with van der Waals surface area (Å²) in [5.74, 6) is 0.204. The quantitative estimate of drug-likeness (QED) is 0.821. The maximum absolute atomic E-state index is 12.8. The number of aryl methyl sites for hydroxylation is 1. The van der Waals surface area contributed by atoms with Crippen LogP contribution in [0.15, 0.2) is 18.5 Å². The zero-order valence-corrected chi connectivity index (χ0v) is 15.8. The monoisotopic (exact) mass is 356 g/mol. The zero-order chi connectivity index (χ0) is 18.1. The SMILES string of the molecule is Cc1cn(CC(=O)N2CCC(N3CCN(C)CC3)CC2)c2ccnnc12. The lowest BCUT2D eigenvalue weighted by Crippen LogP contribution is -2.53. The van der Waals surface area contributed by atoms with Gasteiger partial charge in [-0.25, -0.2) is 0 Å². The molecule has 4 heterocycles. The largest absolute Gasteiger partial charge is 0.341 e. The molecule has 0 saturated carbocycles. The molecular weight excluding hydrogens is 328 g/mol. The van der Waals surface area contributed by atoms with Crippen molar-refractivity contribution in [1.82, 2.24) is 29.5 Å². The first kappa shape index (κ1) is 17.4. The number of carbonyl (C=O) groups is 1. The van der Waals surface area contributed by atoms with Gasteiger partial charge in [-0.15, -0.1) is 5.10 Å². The fraction of sp³-hybridized carbons (Fsp3) is 0.632. The second-order valence-corrected chi connectivity index (χ2v) is 7.66. The predicted octanol–water partition coefficient (Wildman–Crippen LogP) is 0.978. The molecule has 0 radical (unpaired) electrons. The number of carbonyl (C=O) groups excluding carboxylic acids is 1. The van der Waals surface area contributed by atoms with E-state index in [0.29, 0.717) is 12.6 Å². The van der Waals surface area contributed by atoms with Gasteiger partial charge in [-0.3, -0.25) is 9.69 Å². The Morgan fingerprint density at radius 1 is 1.15 bits per heavy atom. The van der Waals surface area contributed by atoms with E-state index in [-0.39, 0.29) is 5.91 Å². The van der Waals surface area contributed by atoms with Crippen LogP contribution in [0, 0.1) is 6.92 Å². The Morgan fingerprint density at radius 3 is 2.62 bits per heavy atom. The molecule has 0 spiro atoms. The maximum Gasteiger partial charge on any atom is 0.242 e. The number of hydrogen-bond acceptors (Lipinski definition) is 5. The summed E-state index contributed by atoms with van der Waals surface area (Å²) in [5.41, 5.74) is 2.93. The smallest absolute Gasteiger partial charge is 0.242 e. The molecule has 7 nitrogen and oxygen atoms in total. The van der Waals surface area contributed by atoms with Crippen molar-refractivity contribution in [3.8, 4) is 0 Å². The van der Waals surface area contributed by atoms with Gasteiger partial charge in [-0.1, -0.05) is 0 Å². The van der Waals surface area contributed by atoms with Crippen molar-refractivity contribution in [2.45, 2.75) is 32.4 Å². The van der Waals surface area contributed by atoms with Gasteiger partial charge >= 0.3 is 0 Å². The van der Waals surface area contributed by atoms with Gasteiger partial charge in [0.15, 0.2) is 0 Å². The van der Waals surface area contributed by atoms with Gasteiger partial charge in [0.1, 0.15) is 12.1 Å². The van der Waals surface area contributed by atoms with E-state index in [1.807, 2.05) is 28.7 Å². The average molecular weight is 356 g/mol. The minimum absolute atomic E-state index is 0.204. The molecule has 2 saturated heterocycles. The lowest BCUT2D eigenvalue weighted by atomic mass is 10.0. The van der Waals surface area contributed by atoms with Crippen LogP contribution < -0.4 is 0 Å². The highest BCUT2D eigenvalue weighted by Gasteiger charge is 2.28. The topological polar surface area (TPSA) is 57.5 Å². The number of nitrogens with zero attached hydrogens (tertiary/aromatic N) is 6. The third-order valence-corrected chi connectivity index (χ3v) is 5.91. The van der Waals surface area contributed by atoms with E-state index < -0.39 is 0 Å². The Labute approximate surface area is 154 Å². The number of piperidine rings is 1. The third kappa shape index (κ3) is 3.46. The van der Waals surface area contributed by atoms with Crippen LogP contribution in [-0.2, 0) is 11.3 Å². The van der Waals surface area contributed by atoms with Gasteiger partial charge in [0, 0.05) is 51.5 Å². The van der Waals surface area contributed by atoms with E-state index in [4.69, 9.17) is 0 Å². The molecule has 0 atom stereocenters. The second-order valence-electron chi connectivity index (χ2n) is 7.66. The fourth-order valence-electron chi connectivity index (χ4n) is 4.25. The molecule has 1 amide bonds. The fourth-order valence-corrected chi connectivity index (χ4v) is 4.25. The number of hydrogen-bond donors (Lipinski definition) is 0. The van der Waals surface area contributed by atoms with Crippen LogP contribution in [0.25, 0.3) is 11.0 Å². The Hall–Kier alpha value is -1.99. The Kier molecular flexibility index (Phi) is 4.91. The van der Waals surface area contributed by atoms with Gasteiger partial charge in [-0.05, 0) is 38.4 Å². The molecule has 0 N–H and O–H groups in total. The summed E-state index contributed by atoms with van der Waals surface area (Å²) in [6.45, 7) is 8.76. The van der Waals surface area contributed by atoms with Crippen molar-refractivity contribution in [3.05, 3.63) is 24.0 Å². The van der Waals surface area contributed by atoms with E-state index in [1.54, 1.807) is 6.20 Å². The van der Waals surface area contributed by atoms with Crippen molar-refractivity contribution in [2.24, 2.45) is 0 Å². The lowest BCUT2D eigenvalue weighted by Gasteiger charge is -2.42. The molecule has 2 aromatic heterocycles. The molecule has 0 aliphatic carbocycles. The Bertz CT molecular complexity index is 771. The van der Waals surface area contributed by atoms with E-state index in [0.717, 1.165) is 68.7 Å². The number of likely N-dealkylation sites (tertiary alicyclic amines) is 1. The average Bonchev–Trinajstić information content (AvgIpc) is 2.98.